The molecule has 0 bridgehead atoms. The van der Waals surface area contributed by atoms with Crippen LogP contribution in [0.4, 0.5) is 5.69 Å². The second kappa shape index (κ2) is 6.48. The molecule has 0 saturated carbocycles. The van der Waals surface area contributed by atoms with Crippen LogP contribution in [0.15, 0.2) is 18.2 Å². The number of ether oxygens (including phenoxy) is 1. The number of carbonyl (C=O) groups is 2. The molecule has 0 heterocycles. The van der Waals surface area contributed by atoms with Crippen molar-refractivity contribution in [3.05, 3.63) is 39.4 Å². The van der Waals surface area contributed by atoms with Gasteiger partial charge in [-0.2, -0.15) is 0 Å². The van der Waals surface area contributed by atoms with Gasteiger partial charge in [0.15, 0.2) is 0 Å². The molecule has 0 spiro atoms. The fourth-order valence-electron chi connectivity index (χ4n) is 1.55. The Hall–Kier alpha value is -2.44. The molecular formula is C12H13NO6. The van der Waals surface area contributed by atoms with Crippen LogP contribution in [0.3, 0.4) is 0 Å². The minimum absolute atomic E-state index is 0.0329. The van der Waals surface area contributed by atoms with Crippen molar-refractivity contribution in [2.24, 2.45) is 0 Å². The molecule has 102 valence electrons. The van der Waals surface area contributed by atoms with Gasteiger partial charge in [-0.15, -0.1) is 0 Å². The van der Waals surface area contributed by atoms with E-state index in [0.29, 0.717) is 5.56 Å². The highest BCUT2D eigenvalue weighted by atomic mass is 16.6. The number of benzene rings is 1. The van der Waals surface area contributed by atoms with Crippen molar-refractivity contribution in [1.82, 2.24) is 0 Å². The van der Waals surface area contributed by atoms with Crippen LogP contribution in [-0.2, 0) is 16.0 Å². The number of nitro benzene ring substituents is 1. The van der Waals surface area contributed by atoms with Gasteiger partial charge in [-0.3, -0.25) is 14.9 Å². The SMILES string of the molecule is CCOC(=O)c1ccc([N+](=O)[O-])cc1CCC(=O)O. The summed E-state index contributed by atoms with van der Waals surface area (Å²) in [5.41, 5.74) is 0.275. The molecule has 0 aliphatic rings. The Morgan fingerprint density at radius 1 is 1.42 bits per heavy atom. The first-order chi connectivity index (χ1) is 8.95. The van der Waals surface area contributed by atoms with Gasteiger partial charge in [0.2, 0.25) is 0 Å². The van der Waals surface area contributed by atoms with E-state index < -0.39 is 16.9 Å². The van der Waals surface area contributed by atoms with E-state index in [1.807, 2.05) is 0 Å². The first-order valence-corrected chi connectivity index (χ1v) is 5.62. The van der Waals surface area contributed by atoms with E-state index in [0.717, 1.165) is 0 Å². The zero-order valence-electron chi connectivity index (χ0n) is 10.3. The van der Waals surface area contributed by atoms with E-state index >= 15 is 0 Å². The molecule has 0 unspecified atom stereocenters. The molecule has 7 heteroatoms. The number of aryl methyl sites for hydroxylation is 1. The Morgan fingerprint density at radius 3 is 2.63 bits per heavy atom. The number of aliphatic carboxylic acids is 1. The van der Waals surface area contributed by atoms with Crippen molar-refractivity contribution in [3.8, 4) is 0 Å². The van der Waals surface area contributed by atoms with Gasteiger partial charge in [0.25, 0.3) is 5.69 Å². The van der Waals surface area contributed by atoms with Crippen molar-refractivity contribution in [3.63, 3.8) is 0 Å². The zero-order valence-corrected chi connectivity index (χ0v) is 10.3. The topological polar surface area (TPSA) is 107 Å². The monoisotopic (exact) mass is 267 g/mol. The van der Waals surface area contributed by atoms with E-state index in [9.17, 15) is 19.7 Å². The quantitative estimate of drug-likeness (QED) is 0.478. The van der Waals surface area contributed by atoms with E-state index in [-0.39, 0.29) is 30.7 Å². The molecule has 0 aliphatic heterocycles. The molecule has 0 amide bonds. The number of carbonyl (C=O) groups excluding carboxylic acids is 1. The minimum atomic E-state index is -1.04. The second-order valence-electron chi connectivity index (χ2n) is 3.71. The van der Waals surface area contributed by atoms with Gasteiger partial charge in [-0.1, -0.05) is 0 Å². The normalized spacial score (nSPS) is 9.95. The molecule has 0 radical (unpaired) electrons. The summed E-state index contributed by atoms with van der Waals surface area (Å²) in [4.78, 5) is 32.3. The molecule has 0 saturated heterocycles. The van der Waals surface area contributed by atoms with Gasteiger partial charge in [0.1, 0.15) is 0 Å². The van der Waals surface area contributed by atoms with Gasteiger partial charge in [0, 0.05) is 18.6 Å². The summed E-state index contributed by atoms with van der Waals surface area (Å²) in [7, 11) is 0. The number of hydrogen-bond donors (Lipinski definition) is 1. The van der Waals surface area contributed by atoms with Crippen LogP contribution < -0.4 is 0 Å². The van der Waals surface area contributed by atoms with Crippen LogP contribution >= 0.6 is 0 Å². The summed E-state index contributed by atoms with van der Waals surface area (Å²) in [5, 5.41) is 19.3. The van der Waals surface area contributed by atoms with E-state index in [2.05, 4.69) is 0 Å². The minimum Gasteiger partial charge on any atom is -0.481 e. The van der Waals surface area contributed by atoms with Crippen LogP contribution in [-0.4, -0.2) is 28.6 Å². The Balaban J connectivity index is 3.10. The lowest BCUT2D eigenvalue weighted by Gasteiger charge is -2.07. The Labute approximate surface area is 109 Å². The van der Waals surface area contributed by atoms with Crippen LogP contribution in [0, 0.1) is 10.1 Å². The molecule has 1 aromatic carbocycles. The second-order valence-corrected chi connectivity index (χ2v) is 3.71. The highest BCUT2D eigenvalue weighted by Gasteiger charge is 2.17. The molecule has 1 aromatic rings. The van der Waals surface area contributed by atoms with Crippen LogP contribution in [0.5, 0.6) is 0 Å². The lowest BCUT2D eigenvalue weighted by molar-refractivity contribution is -0.384. The number of nitro groups is 1. The molecule has 1 rings (SSSR count). The average Bonchev–Trinajstić information content (AvgIpc) is 2.36. The lowest BCUT2D eigenvalue weighted by atomic mass is 10.0. The standard InChI is InChI=1S/C12H13NO6/c1-2-19-12(16)10-5-4-9(13(17)18)7-8(10)3-6-11(14)15/h4-5,7H,2-3,6H2,1H3,(H,14,15). The highest BCUT2D eigenvalue weighted by Crippen LogP contribution is 2.20. The zero-order chi connectivity index (χ0) is 14.4. The Bertz CT molecular complexity index is 511. The van der Waals surface area contributed by atoms with Gasteiger partial charge >= 0.3 is 11.9 Å². The average molecular weight is 267 g/mol. The third-order valence-electron chi connectivity index (χ3n) is 2.40. The molecular weight excluding hydrogens is 254 g/mol. The largest absolute Gasteiger partial charge is 0.481 e. The Morgan fingerprint density at radius 2 is 2.11 bits per heavy atom. The van der Waals surface area contributed by atoms with Crippen LogP contribution in [0.2, 0.25) is 0 Å². The summed E-state index contributed by atoms with van der Waals surface area (Å²) in [6.07, 6.45) is -0.182. The van der Waals surface area contributed by atoms with Gasteiger partial charge in [-0.25, -0.2) is 4.79 Å². The maximum Gasteiger partial charge on any atom is 0.338 e. The number of hydrogen-bond acceptors (Lipinski definition) is 5. The van der Waals surface area contributed by atoms with Crippen LogP contribution in [0.25, 0.3) is 0 Å². The maximum absolute atomic E-state index is 11.7. The molecule has 19 heavy (non-hydrogen) atoms. The van der Waals surface area contributed by atoms with Crippen molar-refractivity contribution in [2.45, 2.75) is 19.8 Å². The van der Waals surface area contributed by atoms with Crippen molar-refractivity contribution < 1.29 is 24.4 Å². The fourth-order valence-corrected chi connectivity index (χ4v) is 1.55. The van der Waals surface area contributed by atoms with Gasteiger partial charge < -0.3 is 9.84 Å². The number of rotatable bonds is 6. The molecule has 0 aromatic heterocycles. The number of carboxylic acids is 1. The van der Waals surface area contributed by atoms with Gasteiger partial charge in [0.05, 0.1) is 17.1 Å². The van der Waals surface area contributed by atoms with E-state index in [4.69, 9.17) is 9.84 Å². The van der Waals surface area contributed by atoms with Crippen molar-refractivity contribution in [2.75, 3.05) is 6.61 Å². The van der Waals surface area contributed by atoms with Crippen LogP contribution in [0.1, 0.15) is 29.3 Å². The number of esters is 1. The lowest BCUT2D eigenvalue weighted by Crippen LogP contribution is -2.10. The predicted molar refractivity (Wildman–Crippen MR) is 65.0 cm³/mol. The third kappa shape index (κ3) is 4.06. The first kappa shape index (κ1) is 14.6. The molecule has 0 aliphatic carbocycles. The number of carboxylic acid groups (broad SMARTS) is 1. The summed E-state index contributed by atoms with van der Waals surface area (Å²) < 4.78 is 4.82. The third-order valence-corrected chi connectivity index (χ3v) is 2.40. The molecule has 1 N–H and O–H groups in total. The predicted octanol–water partition coefficient (Wildman–Crippen LogP) is 1.79. The summed E-state index contributed by atoms with van der Waals surface area (Å²) in [6, 6.07) is 3.68. The fraction of sp³-hybridized carbons (Fsp3) is 0.333. The molecule has 0 fully saturated rings. The molecule has 7 nitrogen and oxygen atoms in total. The number of nitrogens with zero attached hydrogens (tertiary/aromatic N) is 1. The van der Waals surface area contributed by atoms with E-state index in [1.54, 1.807) is 6.92 Å². The highest BCUT2D eigenvalue weighted by molar-refractivity contribution is 5.91. The molecule has 0 atom stereocenters. The number of non-ortho nitro benzene ring substituents is 1. The first-order valence-electron chi connectivity index (χ1n) is 5.62. The van der Waals surface area contributed by atoms with E-state index in [1.165, 1.54) is 18.2 Å². The summed E-state index contributed by atoms with van der Waals surface area (Å²) in [6.45, 7) is 1.81. The van der Waals surface area contributed by atoms with Gasteiger partial charge in [-0.05, 0) is 25.0 Å². The summed E-state index contributed by atoms with van der Waals surface area (Å²) >= 11 is 0. The maximum atomic E-state index is 11.7. The van der Waals surface area contributed by atoms with Crippen molar-refractivity contribution in [1.29, 1.82) is 0 Å². The summed E-state index contributed by atoms with van der Waals surface area (Å²) in [5.74, 6) is -1.65. The Kier molecular flexibility index (Phi) is 4.99. The van der Waals surface area contributed by atoms with Crippen molar-refractivity contribution >= 4 is 17.6 Å². The smallest absolute Gasteiger partial charge is 0.338 e.